The van der Waals surface area contributed by atoms with E-state index in [1.807, 2.05) is 26.8 Å². The van der Waals surface area contributed by atoms with Gasteiger partial charge in [0, 0.05) is 31.4 Å². The van der Waals surface area contributed by atoms with Crippen molar-refractivity contribution in [2.24, 2.45) is 0 Å². The van der Waals surface area contributed by atoms with Gasteiger partial charge in [-0.1, -0.05) is 12.1 Å². The van der Waals surface area contributed by atoms with E-state index in [1.165, 1.54) is 18.3 Å². The highest BCUT2D eigenvalue weighted by Crippen LogP contribution is 2.21. The molecule has 1 aromatic carbocycles. The van der Waals surface area contributed by atoms with Gasteiger partial charge in [0.1, 0.15) is 11.4 Å². The van der Waals surface area contributed by atoms with Crippen LogP contribution in [0.1, 0.15) is 43.1 Å². The van der Waals surface area contributed by atoms with Gasteiger partial charge >= 0.3 is 6.09 Å². The zero-order valence-corrected chi connectivity index (χ0v) is 20.7. The number of aromatic nitrogens is 3. The van der Waals surface area contributed by atoms with E-state index in [0.717, 1.165) is 17.5 Å². The summed E-state index contributed by atoms with van der Waals surface area (Å²) in [5.41, 5.74) is 5.41. The Morgan fingerprint density at radius 3 is 2.69 bits per heavy atom. The van der Waals surface area contributed by atoms with Gasteiger partial charge in [-0.2, -0.15) is 9.89 Å². The van der Waals surface area contributed by atoms with Gasteiger partial charge in [-0.25, -0.2) is 9.18 Å². The van der Waals surface area contributed by atoms with Crippen LogP contribution in [0.25, 0.3) is 11.3 Å². The smallest absolute Gasteiger partial charge is 0.410 e. The van der Waals surface area contributed by atoms with Crippen molar-refractivity contribution in [1.82, 2.24) is 25.1 Å². The van der Waals surface area contributed by atoms with E-state index in [2.05, 4.69) is 20.8 Å². The normalized spacial score (nSPS) is 15.2. The number of nitrogens with one attached hydrogen (secondary N) is 2. The number of hydrogen-bond acceptors (Lipinski definition) is 6. The van der Waals surface area contributed by atoms with E-state index in [4.69, 9.17) is 4.74 Å². The van der Waals surface area contributed by atoms with Crippen molar-refractivity contribution in [3.63, 3.8) is 0 Å². The average molecular weight is 495 g/mol. The first kappa shape index (κ1) is 25.2. The number of rotatable bonds is 8. The van der Waals surface area contributed by atoms with Crippen molar-refractivity contribution >= 4 is 12.0 Å². The molecule has 2 aromatic heterocycles. The van der Waals surface area contributed by atoms with Crippen LogP contribution in [0.3, 0.4) is 0 Å². The molecule has 3 heterocycles. The number of amides is 2. The largest absolute Gasteiger partial charge is 0.444 e. The summed E-state index contributed by atoms with van der Waals surface area (Å²) >= 11 is 0. The number of hydrogen-bond donors (Lipinski definition) is 2. The summed E-state index contributed by atoms with van der Waals surface area (Å²) in [5.74, 6) is -0.498. The molecule has 3 aromatic rings. The molecular weight excluding hydrogens is 463 g/mol. The lowest BCUT2D eigenvalue weighted by Crippen LogP contribution is -2.56. The molecule has 0 spiro atoms. The first-order chi connectivity index (χ1) is 17.2. The van der Waals surface area contributed by atoms with Gasteiger partial charge in [0.25, 0.3) is 5.91 Å². The third-order valence-electron chi connectivity index (χ3n) is 5.75. The summed E-state index contributed by atoms with van der Waals surface area (Å²) in [4.78, 5) is 32.4. The molecule has 1 fully saturated rings. The first-order valence-electron chi connectivity index (χ1n) is 12.0. The van der Waals surface area contributed by atoms with E-state index in [0.29, 0.717) is 37.3 Å². The van der Waals surface area contributed by atoms with Crippen molar-refractivity contribution in [3.8, 4) is 11.3 Å². The van der Waals surface area contributed by atoms with Gasteiger partial charge in [0.15, 0.2) is 0 Å². The number of ether oxygens (including phenoxy) is 1. The summed E-state index contributed by atoms with van der Waals surface area (Å²) in [5, 5.41) is 7.15. The molecule has 0 bridgehead atoms. The Labute approximate surface area is 209 Å². The van der Waals surface area contributed by atoms with Crippen molar-refractivity contribution in [2.45, 2.75) is 45.3 Å². The molecule has 0 unspecified atom stereocenters. The highest BCUT2D eigenvalue weighted by Gasteiger charge is 2.35. The fourth-order valence-electron chi connectivity index (χ4n) is 3.77. The van der Waals surface area contributed by atoms with Crippen LogP contribution in [-0.4, -0.2) is 63.1 Å². The number of benzene rings is 1. The van der Waals surface area contributed by atoms with E-state index in [-0.39, 0.29) is 23.9 Å². The molecule has 1 aliphatic heterocycles. The Morgan fingerprint density at radius 1 is 1.19 bits per heavy atom. The third kappa shape index (κ3) is 6.59. The fraction of sp³-hybridized carbons (Fsp3) is 0.385. The molecule has 1 atom stereocenters. The van der Waals surface area contributed by atoms with E-state index in [1.54, 1.807) is 40.3 Å². The zero-order chi connectivity index (χ0) is 25.7. The van der Waals surface area contributed by atoms with Crippen LogP contribution in [0.4, 0.5) is 9.18 Å². The summed E-state index contributed by atoms with van der Waals surface area (Å²) in [6.07, 6.45) is 6.12. The van der Waals surface area contributed by atoms with Gasteiger partial charge in [-0.3, -0.25) is 9.78 Å². The Kier molecular flexibility index (Phi) is 7.52. The molecule has 1 saturated heterocycles. The number of carbonyl (C=O) groups is 2. The second-order valence-corrected chi connectivity index (χ2v) is 9.72. The van der Waals surface area contributed by atoms with Crippen LogP contribution in [0.2, 0.25) is 0 Å². The molecular formula is C26H31FN6O3. The first-order valence-corrected chi connectivity index (χ1v) is 12.0. The van der Waals surface area contributed by atoms with E-state index >= 15 is 0 Å². The quantitative estimate of drug-likeness (QED) is 0.496. The number of pyridine rings is 1. The van der Waals surface area contributed by atoms with Crippen molar-refractivity contribution in [2.75, 3.05) is 25.1 Å². The van der Waals surface area contributed by atoms with Gasteiger partial charge in [-0.15, -0.1) is 0 Å². The van der Waals surface area contributed by atoms with Gasteiger partial charge < -0.3 is 20.4 Å². The number of halogens is 1. The lowest BCUT2D eigenvalue weighted by molar-refractivity contribution is -0.00488. The number of carbonyl (C=O) groups excluding carboxylic acids is 2. The minimum absolute atomic E-state index is 0.0738. The second kappa shape index (κ2) is 10.8. The van der Waals surface area contributed by atoms with E-state index < -0.39 is 5.60 Å². The van der Waals surface area contributed by atoms with Crippen LogP contribution < -0.4 is 10.7 Å². The molecule has 36 heavy (non-hydrogen) atoms. The van der Waals surface area contributed by atoms with Gasteiger partial charge in [0.2, 0.25) is 0 Å². The highest BCUT2D eigenvalue weighted by atomic mass is 19.1. The van der Waals surface area contributed by atoms with Crippen LogP contribution in [0.5, 0.6) is 0 Å². The van der Waals surface area contributed by atoms with Crippen LogP contribution in [-0.2, 0) is 11.2 Å². The predicted molar refractivity (Wildman–Crippen MR) is 133 cm³/mol. The predicted octanol–water partition coefficient (Wildman–Crippen LogP) is 3.61. The monoisotopic (exact) mass is 494 g/mol. The maximum Gasteiger partial charge on any atom is 0.410 e. The lowest BCUT2D eigenvalue weighted by Gasteiger charge is -2.41. The molecule has 4 rings (SSSR count). The Morgan fingerprint density at radius 2 is 2.03 bits per heavy atom. The third-order valence-corrected chi connectivity index (χ3v) is 5.75. The second-order valence-electron chi connectivity index (χ2n) is 9.72. The molecule has 2 N–H and O–H groups in total. The molecule has 2 amide bonds. The molecule has 1 aliphatic rings. The lowest BCUT2D eigenvalue weighted by atomic mass is 10.0. The van der Waals surface area contributed by atoms with Crippen LogP contribution in [0.15, 0.2) is 55.0 Å². The van der Waals surface area contributed by atoms with Crippen molar-refractivity contribution in [3.05, 3.63) is 71.9 Å². The van der Waals surface area contributed by atoms with E-state index in [9.17, 15) is 14.0 Å². The Balaban J connectivity index is 1.25. The Hall–Kier alpha value is -3.95. The van der Waals surface area contributed by atoms with Crippen LogP contribution in [0, 0.1) is 5.82 Å². The van der Waals surface area contributed by atoms with Crippen LogP contribution >= 0.6 is 0 Å². The summed E-state index contributed by atoms with van der Waals surface area (Å²) in [6, 6.07) is 9.91. The maximum absolute atomic E-state index is 13.3. The average Bonchev–Trinajstić information content (AvgIpc) is 3.26. The highest BCUT2D eigenvalue weighted by molar-refractivity contribution is 5.94. The Bertz CT molecular complexity index is 1200. The summed E-state index contributed by atoms with van der Waals surface area (Å²) in [7, 11) is 0. The molecule has 0 radical (unpaired) electrons. The standard InChI is InChI=1S/C26H31FN6O3/c1-26(2,3)36-25(35)32-12-10-22(32)16-29-24(34)19-7-8-23(28-14-19)20-15-31-33(17-20)30-11-9-18-5-4-6-21(27)13-18/h4-8,13-15,17,22,30H,9-12,16H2,1-3H3,(H,29,34)/t22-/m1/s1. The van der Waals surface area contributed by atoms with Gasteiger partial charge in [-0.05, 0) is 63.4 Å². The topological polar surface area (TPSA) is 101 Å². The zero-order valence-electron chi connectivity index (χ0n) is 20.7. The fourth-order valence-corrected chi connectivity index (χ4v) is 3.77. The molecule has 10 heteroatoms. The maximum atomic E-state index is 13.3. The molecule has 0 aliphatic carbocycles. The summed E-state index contributed by atoms with van der Waals surface area (Å²) < 4.78 is 18.7. The summed E-state index contributed by atoms with van der Waals surface area (Å²) in [6.45, 7) is 7.05. The van der Waals surface area contributed by atoms with Crippen molar-refractivity contribution in [1.29, 1.82) is 0 Å². The molecule has 190 valence electrons. The molecule has 0 saturated carbocycles. The number of nitrogens with zero attached hydrogens (tertiary/aromatic N) is 4. The minimum atomic E-state index is -0.552. The minimum Gasteiger partial charge on any atom is -0.444 e. The van der Waals surface area contributed by atoms with Gasteiger partial charge in [0.05, 0.1) is 29.7 Å². The number of likely N-dealkylation sites (tertiary alicyclic amines) is 1. The van der Waals surface area contributed by atoms with Crippen molar-refractivity contribution < 1.29 is 18.7 Å². The SMILES string of the molecule is CC(C)(C)OC(=O)N1CC[C@@H]1CNC(=O)c1ccc(-c2cnn(NCCc3cccc(F)c3)c2)nc1. The molecule has 9 nitrogen and oxygen atoms in total.